The van der Waals surface area contributed by atoms with Crippen LogP contribution in [-0.2, 0) is 6.18 Å². The maximum atomic E-state index is 12.6. The summed E-state index contributed by atoms with van der Waals surface area (Å²) in [4.78, 5) is 3.92. The Hall–Kier alpha value is -1.15. The molecule has 0 saturated heterocycles. The minimum atomic E-state index is -4.42. The van der Waals surface area contributed by atoms with Crippen LogP contribution in [0.5, 0.6) is 0 Å². The number of pyridine rings is 1. The van der Waals surface area contributed by atoms with Crippen LogP contribution in [0.3, 0.4) is 0 Å². The molecule has 102 valence electrons. The number of thioether (sulfide) groups is 1. The van der Waals surface area contributed by atoms with E-state index >= 15 is 0 Å². The van der Waals surface area contributed by atoms with Crippen LogP contribution < -0.4 is 16.6 Å². The van der Waals surface area contributed by atoms with Gasteiger partial charge in [-0.1, -0.05) is 6.92 Å². The molecule has 0 saturated carbocycles. The van der Waals surface area contributed by atoms with Gasteiger partial charge >= 0.3 is 6.18 Å². The highest BCUT2D eigenvalue weighted by Gasteiger charge is 2.31. The molecule has 4 N–H and O–H groups in total. The van der Waals surface area contributed by atoms with Crippen LogP contribution in [0, 0.1) is 0 Å². The van der Waals surface area contributed by atoms with Crippen molar-refractivity contribution in [1.29, 1.82) is 0 Å². The van der Waals surface area contributed by atoms with E-state index in [4.69, 9.17) is 5.84 Å². The first-order chi connectivity index (χ1) is 8.36. The van der Waals surface area contributed by atoms with Crippen molar-refractivity contribution in [2.75, 3.05) is 23.5 Å². The average molecular weight is 280 g/mol. The second kappa shape index (κ2) is 6.14. The van der Waals surface area contributed by atoms with E-state index < -0.39 is 11.7 Å². The zero-order valence-electron chi connectivity index (χ0n) is 10.0. The van der Waals surface area contributed by atoms with Gasteiger partial charge in [-0.15, -0.1) is 0 Å². The highest BCUT2D eigenvalue weighted by molar-refractivity contribution is 7.99. The molecule has 1 rings (SSSR count). The Morgan fingerprint density at radius 1 is 1.39 bits per heavy atom. The Morgan fingerprint density at radius 2 is 2.00 bits per heavy atom. The second-order valence-corrected chi connectivity index (χ2v) is 4.97. The predicted molar refractivity (Wildman–Crippen MR) is 68.5 cm³/mol. The number of anilines is 2. The fourth-order valence-electron chi connectivity index (χ4n) is 1.19. The van der Waals surface area contributed by atoms with Gasteiger partial charge in [0.05, 0.1) is 5.56 Å². The number of rotatable bonds is 5. The number of nitrogen functional groups attached to an aromatic ring is 1. The van der Waals surface area contributed by atoms with Crippen molar-refractivity contribution in [2.45, 2.75) is 18.3 Å². The third-order valence-electron chi connectivity index (χ3n) is 2.27. The van der Waals surface area contributed by atoms with Gasteiger partial charge in [0.1, 0.15) is 11.6 Å². The molecule has 8 heteroatoms. The number of hydrogen-bond acceptors (Lipinski definition) is 5. The number of halogens is 3. The molecule has 1 unspecified atom stereocenters. The van der Waals surface area contributed by atoms with E-state index in [9.17, 15) is 13.2 Å². The molecule has 0 aliphatic carbocycles. The van der Waals surface area contributed by atoms with Gasteiger partial charge in [-0.3, -0.25) is 0 Å². The Labute approximate surface area is 108 Å². The van der Waals surface area contributed by atoms with Crippen molar-refractivity contribution < 1.29 is 13.2 Å². The molecule has 0 aromatic carbocycles. The molecular formula is C10H15F3N4S. The van der Waals surface area contributed by atoms with E-state index in [1.54, 1.807) is 11.8 Å². The Balaban J connectivity index is 2.91. The zero-order chi connectivity index (χ0) is 13.8. The first kappa shape index (κ1) is 14.9. The van der Waals surface area contributed by atoms with Gasteiger partial charge in [0.25, 0.3) is 0 Å². The smallest absolute Gasteiger partial charge is 0.369 e. The van der Waals surface area contributed by atoms with E-state index in [0.717, 1.165) is 12.1 Å². The SMILES string of the molecule is CSC(C)CNc1cc(C(F)(F)F)cc(NN)n1. The maximum Gasteiger partial charge on any atom is 0.416 e. The summed E-state index contributed by atoms with van der Waals surface area (Å²) >= 11 is 1.61. The molecule has 0 aliphatic rings. The summed E-state index contributed by atoms with van der Waals surface area (Å²) in [5.74, 6) is 5.23. The largest absolute Gasteiger partial charge is 0.416 e. The monoisotopic (exact) mass is 280 g/mol. The lowest BCUT2D eigenvalue weighted by molar-refractivity contribution is -0.137. The molecule has 0 radical (unpaired) electrons. The van der Waals surface area contributed by atoms with Gasteiger partial charge < -0.3 is 10.7 Å². The van der Waals surface area contributed by atoms with E-state index in [2.05, 4.69) is 15.7 Å². The fourth-order valence-corrected chi connectivity index (χ4v) is 1.44. The van der Waals surface area contributed by atoms with Gasteiger partial charge in [0, 0.05) is 11.8 Å². The molecule has 0 aliphatic heterocycles. The Morgan fingerprint density at radius 3 is 2.50 bits per heavy atom. The van der Waals surface area contributed by atoms with Crippen molar-refractivity contribution in [3.05, 3.63) is 17.7 Å². The van der Waals surface area contributed by atoms with Crippen molar-refractivity contribution in [2.24, 2.45) is 5.84 Å². The van der Waals surface area contributed by atoms with Crippen LogP contribution in [0.2, 0.25) is 0 Å². The summed E-state index contributed by atoms with van der Waals surface area (Å²) < 4.78 is 37.9. The first-order valence-electron chi connectivity index (χ1n) is 5.19. The summed E-state index contributed by atoms with van der Waals surface area (Å²) in [5, 5.41) is 3.13. The third-order valence-corrected chi connectivity index (χ3v) is 3.24. The van der Waals surface area contributed by atoms with Crippen LogP contribution in [-0.4, -0.2) is 23.0 Å². The first-order valence-corrected chi connectivity index (χ1v) is 6.48. The molecule has 4 nitrogen and oxygen atoms in total. The van der Waals surface area contributed by atoms with Crippen LogP contribution in [0.1, 0.15) is 12.5 Å². The van der Waals surface area contributed by atoms with E-state index in [-0.39, 0.29) is 16.9 Å². The van der Waals surface area contributed by atoms with Gasteiger partial charge in [-0.25, -0.2) is 10.8 Å². The molecule has 0 amide bonds. The molecule has 0 fully saturated rings. The average Bonchev–Trinajstić information content (AvgIpc) is 2.34. The molecule has 18 heavy (non-hydrogen) atoms. The predicted octanol–water partition coefficient (Wildman–Crippen LogP) is 2.55. The van der Waals surface area contributed by atoms with Crippen LogP contribution in [0.15, 0.2) is 12.1 Å². The van der Waals surface area contributed by atoms with E-state index in [1.165, 1.54) is 0 Å². The van der Waals surface area contributed by atoms with Crippen LogP contribution in [0.25, 0.3) is 0 Å². The number of nitrogens with zero attached hydrogens (tertiary/aromatic N) is 1. The van der Waals surface area contributed by atoms with E-state index in [0.29, 0.717) is 6.54 Å². The lowest BCUT2D eigenvalue weighted by atomic mass is 10.2. The number of alkyl halides is 3. The fraction of sp³-hybridized carbons (Fsp3) is 0.500. The zero-order valence-corrected chi connectivity index (χ0v) is 10.8. The topological polar surface area (TPSA) is 63.0 Å². The summed E-state index contributed by atoms with van der Waals surface area (Å²) in [6.45, 7) is 2.49. The van der Waals surface area contributed by atoms with Crippen molar-refractivity contribution in [3.8, 4) is 0 Å². The third kappa shape index (κ3) is 4.26. The number of hydrogen-bond donors (Lipinski definition) is 3. The standard InChI is InChI=1S/C10H15F3N4S/c1-6(18-2)5-15-8-3-7(10(11,12)13)4-9(16-8)17-14/h3-4,6H,5,14H2,1-2H3,(H2,15,16,17). The summed E-state index contributed by atoms with van der Waals surface area (Å²) in [6.07, 6.45) is -2.49. The molecule has 0 bridgehead atoms. The van der Waals surface area contributed by atoms with Gasteiger partial charge in [0.15, 0.2) is 0 Å². The highest BCUT2D eigenvalue weighted by Crippen LogP contribution is 2.31. The Kier molecular flexibility index (Phi) is 5.09. The molecule has 1 heterocycles. The molecule has 0 spiro atoms. The minimum Gasteiger partial charge on any atom is -0.369 e. The lowest BCUT2D eigenvalue weighted by Gasteiger charge is -2.14. The van der Waals surface area contributed by atoms with Crippen LogP contribution >= 0.6 is 11.8 Å². The second-order valence-electron chi connectivity index (χ2n) is 3.70. The van der Waals surface area contributed by atoms with Gasteiger partial charge in [-0.05, 0) is 18.4 Å². The number of hydrazine groups is 1. The molecule has 1 aromatic rings. The normalized spacial score (nSPS) is 13.2. The van der Waals surface area contributed by atoms with Crippen molar-refractivity contribution in [1.82, 2.24) is 4.98 Å². The highest BCUT2D eigenvalue weighted by atomic mass is 32.2. The summed E-state index contributed by atoms with van der Waals surface area (Å²) in [6, 6.07) is 1.83. The minimum absolute atomic E-state index is 0.0240. The number of nitrogens with two attached hydrogens (primary N) is 1. The quantitative estimate of drug-likeness (QED) is 0.571. The lowest BCUT2D eigenvalue weighted by Crippen LogP contribution is -2.17. The Bertz CT molecular complexity index is 397. The molecular weight excluding hydrogens is 265 g/mol. The molecule has 1 aromatic heterocycles. The summed E-state index contributed by atoms with van der Waals surface area (Å²) in [7, 11) is 0. The maximum absolute atomic E-state index is 12.6. The summed E-state index contributed by atoms with van der Waals surface area (Å²) in [5.41, 5.74) is 1.34. The van der Waals surface area contributed by atoms with Crippen molar-refractivity contribution in [3.63, 3.8) is 0 Å². The van der Waals surface area contributed by atoms with Gasteiger partial charge in [-0.2, -0.15) is 24.9 Å². The molecule has 1 atom stereocenters. The van der Waals surface area contributed by atoms with Crippen molar-refractivity contribution >= 4 is 23.4 Å². The number of aromatic nitrogens is 1. The van der Waals surface area contributed by atoms with E-state index in [1.807, 2.05) is 13.2 Å². The van der Waals surface area contributed by atoms with Gasteiger partial charge in [0.2, 0.25) is 0 Å². The number of nitrogens with one attached hydrogen (secondary N) is 2. The van der Waals surface area contributed by atoms with Crippen LogP contribution in [0.4, 0.5) is 24.8 Å².